The molecule has 7 rings (SSSR count). The Labute approximate surface area is 313 Å². The fraction of sp³-hybridized carbons (Fsp3) is 0.526. The average molecular weight is 745 g/mol. The van der Waals surface area contributed by atoms with E-state index in [2.05, 4.69) is 36.6 Å². The summed E-state index contributed by atoms with van der Waals surface area (Å²) in [4.78, 5) is 70.7. The Hall–Kier alpha value is -5.54. The number of likely N-dealkylation sites (tertiary alicyclic amines) is 2. The van der Waals surface area contributed by atoms with Crippen LogP contribution in [-0.4, -0.2) is 93.1 Å². The Kier molecular flexibility index (Phi) is 10.3. The van der Waals surface area contributed by atoms with Gasteiger partial charge in [-0.3, -0.25) is 9.59 Å². The van der Waals surface area contributed by atoms with Crippen LogP contribution in [0.2, 0.25) is 0 Å². The van der Waals surface area contributed by atoms with E-state index in [4.69, 9.17) is 18.6 Å². The van der Waals surface area contributed by atoms with Crippen molar-refractivity contribution in [3.8, 4) is 11.5 Å². The summed E-state index contributed by atoms with van der Waals surface area (Å²) >= 11 is 0. The lowest BCUT2D eigenvalue weighted by atomic mass is 9.94. The highest BCUT2D eigenvalue weighted by molar-refractivity contribution is 5.87. The van der Waals surface area contributed by atoms with E-state index in [0.717, 1.165) is 48.5 Å². The Balaban J connectivity index is 1.01. The second-order valence-electron chi connectivity index (χ2n) is 14.9. The largest absolute Gasteiger partial charge is 0.459 e. The van der Waals surface area contributed by atoms with Crippen LogP contribution < -0.4 is 10.6 Å². The molecule has 4 amide bonds. The minimum atomic E-state index is -0.710. The average Bonchev–Trinajstić information content (AvgIpc) is 4.00. The third kappa shape index (κ3) is 7.08. The molecular weight excluding hydrogens is 696 g/mol. The SMILES string of the molecule is COC(=O)NC(C(=O)N1CCCC1c1ncc(C2=CC3Cc4oc(-c5cnc(C6CCCN6C(=O)C(NC(=O)OC)C(C)C)[nH]5)cc4C=C3O2)[nH]1)C(C)C. The van der Waals surface area contributed by atoms with Crippen molar-refractivity contribution >= 4 is 35.8 Å². The van der Waals surface area contributed by atoms with Gasteiger partial charge in [0.05, 0.1) is 38.7 Å². The summed E-state index contributed by atoms with van der Waals surface area (Å²) in [6.45, 7) is 8.69. The molecule has 1 aliphatic carbocycles. The number of alkyl carbamates (subject to hydrolysis) is 2. The van der Waals surface area contributed by atoms with Crippen LogP contribution in [0.15, 0.2) is 34.7 Å². The van der Waals surface area contributed by atoms with Gasteiger partial charge < -0.3 is 49.0 Å². The molecule has 54 heavy (non-hydrogen) atoms. The second-order valence-corrected chi connectivity index (χ2v) is 14.9. The van der Waals surface area contributed by atoms with E-state index in [9.17, 15) is 19.2 Å². The molecule has 2 saturated heterocycles. The molecule has 0 radical (unpaired) electrons. The van der Waals surface area contributed by atoms with E-state index in [1.54, 1.807) is 22.2 Å². The van der Waals surface area contributed by atoms with Gasteiger partial charge in [-0.05, 0) is 55.7 Å². The van der Waals surface area contributed by atoms with Crippen LogP contribution in [0.5, 0.6) is 0 Å². The summed E-state index contributed by atoms with van der Waals surface area (Å²) in [6.07, 6.45) is 9.98. The zero-order valence-electron chi connectivity index (χ0n) is 31.4. The maximum Gasteiger partial charge on any atom is 0.407 e. The number of imidazole rings is 2. The Morgan fingerprint density at radius 1 is 0.833 bits per heavy atom. The van der Waals surface area contributed by atoms with Gasteiger partial charge in [0, 0.05) is 31.0 Å². The van der Waals surface area contributed by atoms with Gasteiger partial charge >= 0.3 is 12.2 Å². The number of rotatable bonds is 10. The van der Waals surface area contributed by atoms with Gasteiger partial charge in [0.25, 0.3) is 0 Å². The molecule has 5 atom stereocenters. The molecule has 3 aromatic heterocycles. The van der Waals surface area contributed by atoms with E-state index >= 15 is 0 Å². The molecule has 0 spiro atoms. The van der Waals surface area contributed by atoms with Crippen molar-refractivity contribution in [1.29, 1.82) is 0 Å². The van der Waals surface area contributed by atoms with E-state index in [1.165, 1.54) is 14.2 Å². The summed E-state index contributed by atoms with van der Waals surface area (Å²) in [7, 11) is 2.56. The lowest BCUT2D eigenvalue weighted by Crippen LogP contribution is -2.51. The number of allylic oxidation sites excluding steroid dienone is 1. The van der Waals surface area contributed by atoms with Gasteiger partial charge in [-0.2, -0.15) is 0 Å². The van der Waals surface area contributed by atoms with Gasteiger partial charge in [-0.1, -0.05) is 27.7 Å². The Morgan fingerprint density at radius 2 is 1.37 bits per heavy atom. The maximum absolute atomic E-state index is 13.6. The number of carbonyl (C=O) groups excluding carboxylic acids is 4. The monoisotopic (exact) mass is 744 g/mol. The predicted molar refractivity (Wildman–Crippen MR) is 195 cm³/mol. The molecule has 3 aliphatic heterocycles. The smallest absolute Gasteiger partial charge is 0.407 e. The third-order valence-electron chi connectivity index (χ3n) is 10.7. The van der Waals surface area contributed by atoms with Crippen LogP contribution in [-0.2, 0) is 30.2 Å². The van der Waals surface area contributed by atoms with Gasteiger partial charge in [-0.15, -0.1) is 0 Å². The molecule has 0 aromatic carbocycles. The third-order valence-corrected chi connectivity index (χ3v) is 10.7. The fourth-order valence-electron chi connectivity index (χ4n) is 7.80. The number of methoxy groups -OCH3 is 2. The van der Waals surface area contributed by atoms with E-state index in [-0.39, 0.29) is 41.7 Å². The number of ether oxygens (including phenoxy) is 3. The van der Waals surface area contributed by atoms with Crippen molar-refractivity contribution in [3.63, 3.8) is 0 Å². The van der Waals surface area contributed by atoms with E-state index < -0.39 is 24.3 Å². The number of nitrogens with one attached hydrogen (secondary N) is 4. The highest BCUT2D eigenvalue weighted by atomic mass is 16.5. The zero-order valence-corrected chi connectivity index (χ0v) is 31.4. The first-order valence-corrected chi connectivity index (χ1v) is 18.6. The molecule has 4 aliphatic rings. The van der Waals surface area contributed by atoms with Gasteiger partial charge in [0.1, 0.15) is 52.4 Å². The molecule has 6 heterocycles. The molecule has 5 unspecified atom stereocenters. The zero-order chi connectivity index (χ0) is 38.3. The predicted octanol–water partition coefficient (Wildman–Crippen LogP) is 5.07. The van der Waals surface area contributed by atoms with Crippen LogP contribution >= 0.6 is 0 Å². The molecule has 3 aromatic rings. The Bertz CT molecular complexity index is 1970. The van der Waals surface area contributed by atoms with Crippen molar-refractivity contribution in [2.24, 2.45) is 17.8 Å². The van der Waals surface area contributed by atoms with Gasteiger partial charge in [0.15, 0.2) is 5.76 Å². The molecule has 2 fully saturated rings. The lowest BCUT2D eigenvalue weighted by Gasteiger charge is -2.30. The quantitative estimate of drug-likeness (QED) is 0.218. The molecule has 288 valence electrons. The number of nitrogens with zero attached hydrogens (tertiary/aromatic N) is 4. The molecular formula is C38H48N8O8. The number of carbonyl (C=O) groups is 4. The van der Waals surface area contributed by atoms with Gasteiger partial charge in [-0.25, -0.2) is 19.6 Å². The summed E-state index contributed by atoms with van der Waals surface area (Å²) in [5.41, 5.74) is 2.34. The minimum Gasteiger partial charge on any atom is -0.459 e. The number of hydrogen-bond donors (Lipinski definition) is 4. The summed E-state index contributed by atoms with van der Waals surface area (Å²) in [6, 6.07) is 0.0371. The molecule has 4 N–H and O–H groups in total. The van der Waals surface area contributed by atoms with Crippen LogP contribution in [0, 0.1) is 17.8 Å². The number of amides is 4. The van der Waals surface area contributed by atoms with Crippen molar-refractivity contribution in [1.82, 2.24) is 40.4 Å². The molecule has 0 bridgehead atoms. The number of aromatic amines is 2. The number of aromatic nitrogens is 4. The van der Waals surface area contributed by atoms with E-state index in [1.807, 2.05) is 39.8 Å². The Morgan fingerprint density at radius 3 is 1.91 bits per heavy atom. The standard InChI is InChI=1S/C38H48N8O8/c1-19(2)31(43-37(49)51-5)35(47)45-11-7-9-25(45)33-39-17-23(41-33)29-15-21-13-28-22(14-27(21)53-29)16-30(54-28)24-18-40-34(42-24)26-10-8-12-46(26)36(48)32(20(3)4)44-38(50)52-6/h13,15-20,22,25-26,31-32H,7-12,14H2,1-6H3,(H,39,41)(H,40,42)(H,43,49)(H,44,50). The highest BCUT2D eigenvalue weighted by Gasteiger charge is 2.40. The number of H-pyrrole nitrogens is 2. The number of hydrogen-bond acceptors (Lipinski definition) is 10. The van der Waals surface area contributed by atoms with Crippen LogP contribution in [0.25, 0.3) is 23.3 Å². The molecule has 0 saturated carbocycles. The van der Waals surface area contributed by atoms with Crippen LogP contribution in [0.4, 0.5) is 9.59 Å². The normalized spacial score (nSPS) is 21.6. The topological polar surface area (TPSA) is 197 Å². The van der Waals surface area contributed by atoms with Crippen molar-refractivity contribution in [2.75, 3.05) is 27.3 Å². The maximum atomic E-state index is 13.6. The summed E-state index contributed by atoms with van der Waals surface area (Å²) in [5.74, 6) is 3.66. The molecule has 16 nitrogen and oxygen atoms in total. The number of furan rings is 1. The first kappa shape index (κ1) is 36.8. The van der Waals surface area contributed by atoms with Crippen molar-refractivity contribution < 1.29 is 37.8 Å². The van der Waals surface area contributed by atoms with Crippen LogP contribution in [0.1, 0.15) is 94.1 Å². The summed E-state index contributed by atoms with van der Waals surface area (Å²) < 4.78 is 22.2. The molecule has 16 heteroatoms. The fourth-order valence-corrected chi connectivity index (χ4v) is 7.80. The summed E-state index contributed by atoms with van der Waals surface area (Å²) in [5, 5.41) is 5.37. The first-order valence-electron chi connectivity index (χ1n) is 18.6. The minimum absolute atomic E-state index is 0.0260. The van der Waals surface area contributed by atoms with Gasteiger partial charge in [0.2, 0.25) is 11.8 Å². The second kappa shape index (κ2) is 15.1. The number of fused-ring (bicyclic) bond motifs is 2. The first-order chi connectivity index (χ1) is 25.9. The lowest BCUT2D eigenvalue weighted by molar-refractivity contribution is -0.136. The van der Waals surface area contributed by atoms with E-state index in [0.29, 0.717) is 48.4 Å². The van der Waals surface area contributed by atoms with Crippen LogP contribution in [0.3, 0.4) is 0 Å². The van der Waals surface area contributed by atoms with Crippen molar-refractivity contribution in [2.45, 2.75) is 84.0 Å². The van der Waals surface area contributed by atoms with Crippen molar-refractivity contribution in [3.05, 3.63) is 59.0 Å². The highest BCUT2D eigenvalue weighted by Crippen LogP contribution is 2.42.